The molecule has 0 aliphatic rings. The lowest BCUT2D eigenvalue weighted by Gasteiger charge is -2.07. The molecule has 0 amide bonds. The third kappa shape index (κ3) is 3.83. The first kappa shape index (κ1) is 21.4. The fourth-order valence-electron chi connectivity index (χ4n) is 3.72. The van der Waals surface area contributed by atoms with Crippen molar-refractivity contribution in [1.82, 2.24) is 38.7 Å². The first-order chi connectivity index (χ1) is 15.8. The van der Waals surface area contributed by atoms with E-state index in [9.17, 15) is 9.59 Å². The Morgan fingerprint density at radius 2 is 1.82 bits per heavy atom. The van der Waals surface area contributed by atoms with Gasteiger partial charge in [-0.15, -0.1) is 5.10 Å². The number of hydrogen-bond acceptors (Lipinski definition) is 7. The lowest BCUT2D eigenvalue weighted by Crippen LogP contribution is -2.31. The van der Waals surface area contributed by atoms with E-state index in [0.29, 0.717) is 38.8 Å². The summed E-state index contributed by atoms with van der Waals surface area (Å²) in [5.74, 6) is 0.492. The molecule has 5 aromatic rings. The SMILES string of the molecule is CCn1c(Sc2nc3nc(C)cc(C)n3n2)nc2c1c(=O)[nH]c(=O)n2Cc1ccc(Cl)cc1. The van der Waals surface area contributed by atoms with Crippen LogP contribution in [0.3, 0.4) is 0 Å². The molecule has 33 heavy (non-hydrogen) atoms. The van der Waals surface area contributed by atoms with Gasteiger partial charge in [-0.1, -0.05) is 23.7 Å². The number of benzene rings is 1. The normalized spacial score (nSPS) is 11.6. The van der Waals surface area contributed by atoms with E-state index in [1.807, 2.05) is 39.0 Å². The summed E-state index contributed by atoms with van der Waals surface area (Å²) in [6, 6.07) is 9.09. The molecule has 0 unspecified atom stereocenters. The van der Waals surface area contributed by atoms with E-state index in [2.05, 4.69) is 25.0 Å². The summed E-state index contributed by atoms with van der Waals surface area (Å²) in [5.41, 5.74) is 2.23. The lowest BCUT2D eigenvalue weighted by molar-refractivity contribution is 0.697. The van der Waals surface area contributed by atoms with Gasteiger partial charge in [0.1, 0.15) is 0 Å². The topological polar surface area (TPSA) is 116 Å². The number of aromatic amines is 1. The van der Waals surface area contributed by atoms with Crippen LogP contribution < -0.4 is 11.2 Å². The zero-order valence-corrected chi connectivity index (χ0v) is 19.6. The molecule has 1 aromatic carbocycles. The molecule has 0 aliphatic heterocycles. The Balaban J connectivity index is 1.63. The number of imidazole rings is 1. The van der Waals surface area contributed by atoms with Crippen LogP contribution in [-0.4, -0.2) is 38.7 Å². The van der Waals surface area contributed by atoms with E-state index in [1.165, 1.54) is 16.3 Å². The van der Waals surface area contributed by atoms with Crippen LogP contribution in [0.25, 0.3) is 16.9 Å². The number of nitrogens with zero attached hydrogens (tertiary/aromatic N) is 7. The number of rotatable bonds is 5. The molecule has 168 valence electrons. The van der Waals surface area contributed by atoms with Crippen molar-refractivity contribution in [1.29, 1.82) is 0 Å². The van der Waals surface area contributed by atoms with E-state index < -0.39 is 11.2 Å². The Kier molecular flexibility index (Phi) is 5.29. The molecule has 1 N–H and O–H groups in total. The van der Waals surface area contributed by atoms with Crippen LogP contribution >= 0.6 is 23.4 Å². The smallest absolute Gasteiger partial charge is 0.313 e. The molecule has 4 aromatic heterocycles. The summed E-state index contributed by atoms with van der Waals surface area (Å²) < 4.78 is 4.87. The molecule has 0 spiro atoms. The van der Waals surface area contributed by atoms with Gasteiger partial charge in [-0.2, -0.15) is 4.98 Å². The average molecular weight is 483 g/mol. The molecule has 0 radical (unpaired) electrons. The minimum absolute atomic E-state index is 0.239. The molecular formula is C21H19ClN8O2S. The maximum absolute atomic E-state index is 12.7. The van der Waals surface area contributed by atoms with Crippen LogP contribution in [0.5, 0.6) is 0 Å². The standard InChI is InChI=1S/C21H19ClN8O2S/c1-4-28-15-16(29(20(32)25-17(15)31)10-13-5-7-14(22)8-6-13)24-21(28)33-19-26-18-23-11(2)9-12(3)30(18)27-19/h5-9H,4,10H2,1-3H3,(H,25,31,32). The van der Waals surface area contributed by atoms with Gasteiger partial charge in [0.2, 0.25) is 5.16 Å². The van der Waals surface area contributed by atoms with Crippen LogP contribution in [-0.2, 0) is 13.1 Å². The number of nitrogens with one attached hydrogen (secondary N) is 1. The molecule has 10 nitrogen and oxygen atoms in total. The second-order valence-electron chi connectivity index (χ2n) is 7.53. The molecule has 0 saturated carbocycles. The Bertz CT molecular complexity index is 1630. The minimum atomic E-state index is -0.527. The molecular weight excluding hydrogens is 464 g/mol. The molecule has 0 aliphatic carbocycles. The van der Waals surface area contributed by atoms with Crippen molar-refractivity contribution >= 4 is 40.3 Å². The van der Waals surface area contributed by atoms with Crippen molar-refractivity contribution < 1.29 is 0 Å². The summed E-state index contributed by atoms with van der Waals surface area (Å²) in [4.78, 5) is 41.4. The average Bonchev–Trinajstić information content (AvgIpc) is 3.33. The van der Waals surface area contributed by atoms with E-state index in [0.717, 1.165) is 17.0 Å². The highest BCUT2D eigenvalue weighted by atomic mass is 35.5. The minimum Gasteiger partial charge on any atom is -0.313 e. The predicted octanol–water partition coefficient (Wildman–Crippen LogP) is 2.81. The quantitative estimate of drug-likeness (QED) is 0.409. The maximum Gasteiger partial charge on any atom is 0.330 e. The van der Waals surface area contributed by atoms with Crippen LogP contribution in [0.4, 0.5) is 0 Å². The molecule has 5 rings (SSSR count). The summed E-state index contributed by atoms with van der Waals surface area (Å²) in [6.45, 7) is 6.46. The van der Waals surface area contributed by atoms with Gasteiger partial charge in [0.15, 0.2) is 16.3 Å². The van der Waals surface area contributed by atoms with E-state index in [4.69, 9.17) is 11.6 Å². The second kappa shape index (κ2) is 8.16. The zero-order valence-electron chi connectivity index (χ0n) is 18.0. The Morgan fingerprint density at radius 3 is 2.55 bits per heavy atom. The lowest BCUT2D eigenvalue weighted by atomic mass is 10.2. The third-order valence-corrected chi connectivity index (χ3v) is 6.30. The van der Waals surface area contributed by atoms with Gasteiger partial charge in [0.25, 0.3) is 11.3 Å². The Hall–Kier alpha value is -3.44. The van der Waals surface area contributed by atoms with Crippen molar-refractivity contribution in [2.75, 3.05) is 0 Å². The first-order valence-corrected chi connectivity index (χ1v) is 11.4. The fourth-order valence-corrected chi connectivity index (χ4v) is 4.72. The molecule has 4 heterocycles. The van der Waals surface area contributed by atoms with Crippen molar-refractivity contribution in [3.8, 4) is 0 Å². The van der Waals surface area contributed by atoms with Crippen LogP contribution in [0.1, 0.15) is 23.9 Å². The molecule has 0 atom stereocenters. The summed E-state index contributed by atoms with van der Waals surface area (Å²) in [5, 5.41) is 6.08. The summed E-state index contributed by atoms with van der Waals surface area (Å²) in [7, 11) is 0. The van der Waals surface area contributed by atoms with E-state index in [1.54, 1.807) is 21.2 Å². The van der Waals surface area contributed by atoms with Gasteiger partial charge in [0, 0.05) is 23.0 Å². The number of halogens is 1. The predicted molar refractivity (Wildman–Crippen MR) is 125 cm³/mol. The van der Waals surface area contributed by atoms with E-state index >= 15 is 0 Å². The fraction of sp³-hybridized carbons (Fsp3) is 0.238. The molecule has 0 saturated heterocycles. The highest BCUT2D eigenvalue weighted by Gasteiger charge is 2.20. The second-order valence-corrected chi connectivity index (χ2v) is 8.90. The number of hydrogen-bond donors (Lipinski definition) is 1. The number of aromatic nitrogens is 8. The van der Waals surface area contributed by atoms with Crippen molar-refractivity contribution in [2.24, 2.45) is 0 Å². The monoisotopic (exact) mass is 482 g/mol. The number of fused-ring (bicyclic) bond motifs is 2. The highest BCUT2D eigenvalue weighted by Crippen LogP contribution is 2.27. The Morgan fingerprint density at radius 1 is 1.06 bits per heavy atom. The van der Waals surface area contributed by atoms with E-state index in [-0.39, 0.29) is 6.54 Å². The first-order valence-electron chi connectivity index (χ1n) is 10.2. The Labute approximate surface area is 196 Å². The van der Waals surface area contributed by atoms with Gasteiger partial charge >= 0.3 is 5.69 Å². The highest BCUT2D eigenvalue weighted by molar-refractivity contribution is 7.99. The summed E-state index contributed by atoms with van der Waals surface area (Å²) in [6.07, 6.45) is 0. The largest absolute Gasteiger partial charge is 0.330 e. The van der Waals surface area contributed by atoms with Crippen LogP contribution in [0.15, 0.2) is 50.2 Å². The third-order valence-electron chi connectivity index (χ3n) is 5.20. The molecule has 0 fully saturated rings. The number of H-pyrrole nitrogens is 1. The number of aryl methyl sites for hydroxylation is 3. The molecule has 12 heteroatoms. The van der Waals surface area contributed by atoms with Crippen molar-refractivity contribution in [2.45, 2.75) is 44.2 Å². The summed E-state index contributed by atoms with van der Waals surface area (Å²) >= 11 is 7.20. The van der Waals surface area contributed by atoms with Gasteiger partial charge in [0.05, 0.1) is 6.54 Å². The maximum atomic E-state index is 12.7. The van der Waals surface area contributed by atoms with Gasteiger partial charge in [-0.05, 0) is 56.3 Å². The van der Waals surface area contributed by atoms with Gasteiger partial charge < -0.3 is 4.57 Å². The van der Waals surface area contributed by atoms with Gasteiger partial charge in [-0.25, -0.2) is 19.3 Å². The molecule has 0 bridgehead atoms. The van der Waals surface area contributed by atoms with Crippen LogP contribution in [0, 0.1) is 13.8 Å². The van der Waals surface area contributed by atoms with Gasteiger partial charge in [-0.3, -0.25) is 14.3 Å². The van der Waals surface area contributed by atoms with Crippen LogP contribution in [0.2, 0.25) is 5.02 Å². The van der Waals surface area contributed by atoms with Crippen molar-refractivity contribution in [3.63, 3.8) is 0 Å². The van der Waals surface area contributed by atoms with Crippen molar-refractivity contribution in [3.05, 3.63) is 73.1 Å². The zero-order chi connectivity index (χ0) is 23.3.